The molecule has 0 radical (unpaired) electrons. The largest absolute Gasteiger partial charge is 0.306 e. The molecule has 70 valence electrons. The third-order valence-electron chi connectivity index (χ3n) is 1.51. The lowest BCUT2D eigenvalue weighted by molar-refractivity contribution is -0.387. The fraction of sp³-hybridized carbons (Fsp3) is 0.143. The SMILES string of the molecule is Cc1cc([N+](=O)[O-])c(F)c(Br)c1Br. The lowest BCUT2D eigenvalue weighted by Gasteiger charge is -2.02. The highest BCUT2D eigenvalue weighted by Gasteiger charge is 2.20. The van der Waals surface area contributed by atoms with Crippen molar-refractivity contribution >= 4 is 37.5 Å². The second-order valence-electron chi connectivity index (χ2n) is 2.41. The third kappa shape index (κ3) is 1.88. The Bertz CT molecular complexity index is 381. The van der Waals surface area contributed by atoms with Gasteiger partial charge in [-0.15, -0.1) is 0 Å². The molecule has 0 atom stereocenters. The Hall–Kier alpha value is -0.490. The van der Waals surface area contributed by atoms with Crippen LogP contribution >= 0.6 is 31.9 Å². The highest BCUT2D eigenvalue weighted by atomic mass is 79.9. The summed E-state index contributed by atoms with van der Waals surface area (Å²) in [5.41, 5.74) is 0.0903. The number of hydrogen-bond acceptors (Lipinski definition) is 2. The van der Waals surface area contributed by atoms with E-state index < -0.39 is 16.4 Å². The Kier molecular flexibility index (Phi) is 3.02. The Morgan fingerprint density at radius 2 is 2.00 bits per heavy atom. The Labute approximate surface area is 90.3 Å². The first-order valence-corrected chi connectivity index (χ1v) is 4.82. The number of aryl methyl sites for hydroxylation is 1. The van der Waals surface area contributed by atoms with E-state index in [2.05, 4.69) is 31.9 Å². The summed E-state index contributed by atoms with van der Waals surface area (Å²) < 4.78 is 13.8. The van der Waals surface area contributed by atoms with E-state index in [1.54, 1.807) is 6.92 Å². The second-order valence-corrected chi connectivity index (χ2v) is 4.00. The van der Waals surface area contributed by atoms with Crippen molar-refractivity contribution in [1.29, 1.82) is 0 Å². The molecule has 0 N–H and O–H groups in total. The van der Waals surface area contributed by atoms with Crippen molar-refractivity contribution < 1.29 is 9.31 Å². The zero-order valence-corrected chi connectivity index (χ0v) is 9.65. The molecule has 0 bridgehead atoms. The molecule has 6 heteroatoms. The van der Waals surface area contributed by atoms with Crippen molar-refractivity contribution in [2.75, 3.05) is 0 Å². The van der Waals surface area contributed by atoms with Crippen LogP contribution in [0.3, 0.4) is 0 Å². The van der Waals surface area contributed by atoms with E-state index in [4.69, 9.17) is 0 Å². The topological polar surface area (TPSA) is 43.1 Å². The second kappa shape index (κ2) is 3.71. The van der Waals surface area contributed by atoms with Gasteiger partial charge < -0.3 is 0 Å². The summed E-state index contributed by atoms with van der Waals surface area (Å²) in [6, 6.07) is 1.18. The highest BCUT2D eigenvalue weighted by Crippen LogP contribution is 2.34. The summed E-state index contributed by atoms with van der Waals surface area (Å²) in [5.74, 6) is -0.859. The van der Waals surface area contributed by atoms with Gasteiger partial charge in [0.2, 0.25) is 5.82 Å². The van der Waals surface area contributed by atoms with Crippen LogP contribution in [0.25, 0.3) is 0 Å². The molecule has 0 aliphatic heterocycles. The van der Waals surface area contributed by atoms with Gasteiger partial charge in [-0.2, -0.15) is 4.39 Å². The molecular weight excluding hydrogens is 309 g/mol. The van der Waals surface area contributed by atoms with Gasteiger partial charge in [-0.3, -0.25) is 10.1 Å². The minimum Gasteiger partial charge on any atom is -0.258 e. The molecule has 0 aromatic heterocycles. The molecule has 0 amide bonds. The molecule has 0 heterocycles. The van der Waals surface area contributed by atoms with Gasteiger partial charge in [0.05, 0.1) is 9.40 Å². The van der Waals surface area contributed by atoms with Gasteiger partial charge in [-0.25, -0.2) is 0 Å². The van der Waals surface area contributed by atoms with E-state index in [1.807, 2.05) is 0 Å². The van der Waals surface area contributed by atoms with Crippen LogP contribution in [-0.2, 0) is 0 Å². The molecule has 1 aromatic carbocycles. The van der Waals surface area contributed by atoms with Crippen molar-refractivity contribution in [1.82, 2.24) is 0 Å². The number of rotatable bonds is 1. The Morgan fingerprint density at radius 1 is 1.46 bits per heavy atom. The van der Waals surface area contributed by atoms with Gasteiger partial charge in [-0.1, -0.05) is 0 Å². The third-order valence-corrected chi connectivity index (χ3v) is 3.81. The van der Waals surface area contributed by atoms with Crippen LogP contribution in [0.15, 0.2) is 15.0 Å². The molecule has 3 nitrogen and oxygen atoms in total. The first-order valence-electron chi connectivity index (χ1n) is 3.23. The zero-order chi connectivity index (χ0) is 10.2. The minimum absolute atomic E-state index is 0.0826. The van der Waals surface area contributed by atoms with E-state index in [1.165, 1.54) is 6.07 Å². The molecule has 0 saturated carbocycles. The van der Waals surface area contributed by atoms with Crippen molar-refractivity contribution in [2.24, 2.45) is 0 Å². The van der Waals surface area contributed by atoms with Gasteiger partial charge in [0.15, 0.2) is 0 Å². The fourth-order valence-electron chi connectivity index (χ4n) is 0.847. The summed E-state index contributed by atoms with van der Waals surface area (Å²) in [6.45, 7) is 1.65. The quantitative estimate of drug-likeness (QED) is 0.452. The maximum atomic E-state index is 13.2. The van der Waals surface area contributed by atoms with E-state index >= 15 is 0 Å². The summed E-state index contributed by atoms with van der Waals surface area (Å²) in [7, 11) is 0. The van der Waals surface area contributed by atoms with Crippen LogP contribution < -0.4 is 0 Å². The van der Waals surface area contributed by atoms with Crippen LogP contribution in [0.5, 0.6) is 0 Å². The van der Waals surface area contributed by atoms with E-state index in [-0.39, 0.29) is 4.47 Å². The molecule has 0 spiro atoms. The Balaban J connectivity index is 3.50. The number of benzene rings is 1. The summed E-state index contributed by atoms with van der Waals surface area (Å²) in [5, 5.41) is 10.4. The van der Waals surface area contributed by atoms with Gasteiger partial charge >= 0.3 is 5.69 Å². The number of nitrogens with zero attached hydrogens (tertiary/aromatic N) is 1. The van der Waals surface area contributed by atoms with Crippen molar-refractivity contribution in [3.63, 3.8) is 0 Å². The predicted octanol–water partition coefficient (Wildman–Crippen LogP) is 3.57. The molecule has 0 aliphatic carbocycles. The molecule has 0 saturated heterocycles. The Morgan fingerprint density at radius 3 is 2.46 bits per heavy atom. The summed E-state index contributed by atoms with van der Waals surface area (Å²) in [6.07, 6.45) is 0. The zero-order valence-electron chi connectivity index (χ0n) is 6.47. The smallest absolute Gasteiger partial charge is 0.258 e. The average Bonchev–Trinajstić information content (AvgIpc) is 2.07. The maximum absolute atomic E-state index is 13.2. The number of halogens is 3. The lowest BCUT2D eigenvalue weighted by atomic mass is 10.2. The van der Waals surface area contributed by atoms with Crippen LogP contribution in [0.2, 0.25) is 0 Å². The van der Waals surface area contributed by atoms with Crippen LogP contribution in [0.4, 0.5) is 10.1 Å². The van der Waals surface area contributed by atoms with Crippen LogP contribution in [-0.4, -0.2) is 4.92 Å². The lowest BCUT2D eigenvalue weighted by Crippen LogP contribution is -1.95. The van der Waals surface area contributed by atoms with Crippen molar-refractivity contribution in [3.8, 4) is 0 Å². The van der Waals surface area contributed by atoms with E-state index in [0.29, 0.717) is 10.0 Å². The molecule has 1 aromatic rings. The first-order chi connectivity index (χ1) is 5.95. The molecule has 0 unspecified atom stereocenters. The average molecular weight is 313 g/mol. The number of nitro groups is 1. The summed E-state index contributed by atoms with van der Waals surface area (Å²) >= 11 is 6.03. The minimum atomic E-state index is -0.859. The van der Waals surface area contributed by atoms with Gasteiger partial charge in [0, 0.05) is 10.5 Å². The van der Waals surface area contributed by atoms with Crippen LogP contribution in [0, 0.1) is 22.9 Å². The predicted molar refractivity (Wildman–Crippen MR) is 53.2 cm³/mol. The number of nitro benzene ring substituents is 1. The number of hydrogen-bond donors (Lipinski definition) is 0. The first kappa shape index (κ1) is 10.6. The highest BCUT2D eigenvalue weighted by molar-refractivity contribution is 9.13. The van der Waals surface area contributed by atoms with Crippen molar-refractivity contribution in [2.45, 2.75) is 6.92 Å². The molecule has 0 aliphatic rings. The van der Waals surface area contributed by atoms with E-state index in [0.717, 1.165) is 0 Å². The fourth-order valence-corrected chi connectivity index (χ4v) is 1.65. The van der Waals surface area contributed by atoms with Gasteiger partial charge in [0.1, 0.15) is 0 Å². The normalized spacial score (nSPS) is 10.2. The van der Waals surface area contributed by atoms with Gasteiger partial charge in [-0.05, 0) is 44.3 Å². The molecule has 1 rings (SSSR count). The summed E-state index contributed by atoms with van der Waals surface area (Å²) in [4.78, 5) is 9.62. The van der Waals surface area contributed by atoms with Crippen LogP contribution in [0.1, 0.15) is 5.56 Å². The van der Waals surface area contributed by atoms with E-state index in [9.17, 15) is 14.5 Å². The molecule has 13 heavy (non-hydrogen) atoms. The molecule has 0 fully saturated rings. The monoisotopic (exact) mass is 311 g/mol. The molecular formula is C7H4Br2FNO2. The van der Waals surface area contributed by atoms with Crippen molar-refractivity contribution in [3.05, 3.63) is 36.5 Å². The van der Waals surface area contributed by atoms with Gasteiger partial charge in [0.25, 0.3) is 0 Å². The standard InChI is InChI=1S/C7H4Br2FNO2/c1-3-2-4(11(12)13)7(10)6(9)5(3)8/h2H,1H3. The maximum Gasteiger partial charge on any atom is 0.306 e.